The molecule has 1 aliphatic rings. The SMILES string of the molecule is CN(C)S(=O)(=O)N1CCC[C@@H](Cc2nccnc2-c2cncc(C(=O)O)c2)C1. The van der Waals surface area contributed by atoms with Crippen molar-refractivity contribution < 1.29 is 18.3 Å². The van der Waals surface area contributed by atoms with Crippen LogP contribution in [0, 0.1) is 5.92 Å². The van der Waals surface area contributed by atoms with Crippen molar-refractivity contribution in [3.8, 4) is 11.3 Å². The van der Waals surface area contributed by atoms with Crippen LogP contribution in [-0.4, -0.2) is 70.2 Å². The Kier molecular flexibility index (Phi) is 6.01. The second kappa shape index (κ2) is 8.29. The molecule has 0 aliphatic carbocycles. The van der Waals surface area contributed by atoms with Crippen LogP contribution in [0.2, 0.25) is 0 Å². The predicted molar refractivity (Wildman–Crippen MR) is 103 cm³/mol. The third kappa shape index (κ3) is 4.34. The van der Waals surface area contributed by atoms with E-state index in [1.54, 1.807) is 18.6 Å². The van der Waals surface area contributed by atoms with Crippen molar-refractivity contribution in [2.75, 3.05) is 27.2 Å². The fraction of sp³-hybridized carbons (Fsp3) is 0.444. The lowest BCUT2D eigenvalue weighted by molar-refractivity contribution is 0.0696. The molecule has 0 radical (unpaired) electrons. The maximum absolute atomic E-state index is 12.4. The maximum atomic E-state index is 12.4. The molecule has 2 aromatic rings. The zero-order valence-corrected chi connectivity index (χ0v) is 16.6. The van der Waals surface area contributed by atoms with Gasteiger partial charge in [0.2, 0.25) is 0 Å². The molecule has 1 N–H and O–H groups in total. The first-order valence-corrected chi connectivity index (χ1v) is 10.3. The average molecular weight is 405 g/mol. The Morgan fingerprint density at radius 1 is 1.29 bits per heavy atom. The van der Waals surface area contributed by atoms with E-state index in [-0.39, 0.29) is 11.5 Å². The Balaban J connectivity index is 1.84. The molecule has 3 heterocycles. The highest BCUT2D eigenvalue weighted by atomic mass is 32.2. The van der Waals surface area contributed by atoms with Gasteiger partial charge in [-0.2, -0.15) is 17.0 Å². The highest BCUT2D eigenvalue weighted by Gasteiger charge is 2.31. The molecular formula is C18H23N5O4S. The Labute approximate surface area is 164 Å². The average Bonchev–Trinajstić information content (AvgIpc) is 2.68. The molecule has 0 aromatic carbocycles. The topological polar surface area (TPSA) is 117 Å². The molecule has 2 aromatic heterocycles. The van der Waals surface area contributed by atoms with Crippen LogP contribution in [0.3, 0.4) is 0 Å². The van der Waals surface area contributed by atoms with Crippen molar-refractivity contribution in [2.24, 2.45) is 5.92 Å². The first kappa shape index (κ1) is 20.3. The number of aromatic nitrogens is 3. The summed E-state index contributed by atoms with van der Waals surface area (Å²) in [6, 6.07) is 1.52. The van der Waals surface area contributed by atoms with Gasteiger partial charge in [-0.25, -0.2) is 4.79 Å². The molecule has 1 atom stereocenters. The van der Waals surface area contributed by atoms with E-state index in [0.29, 0.717) is 36.5 Å². The minimum Gasteiger partial charge on any atom is -0.478 e. The summed E-state index contributed by atoms with van der Waals surface area (Å²) >= 11 is 0. The number of nitrogens with zero attached hydrogens (tertiary/aromatic N) is 5. The van der Waals surface area contributed by atoms with Crippen LogP contribution in [0.1, 0.15) is 28.9 Å². The summed E-state index contributed by atoms with van der Waals surface area (Å²) in [7, 11) is -0.387. The van der Waals surface area contributed by atoms with Gasteiger partial charge in [-0.15, -0.1) is 0 Å². The molecule has 9 nitrogen and oxygen atoms in total. The van der Waals surface area contributed by atoms with E-state index in [9.17, 15) is 18.3 Å². The number of pyridine rings is 1. The zero-order chi connectivity index (χ0) is 20.3. The number of aromatic carboxylic acids is 1. The fourth-order valence-corrected chi connectivity index (χ4v) is 4.57. The number of rotatable bonds is 6. The number of carboxylic acid groups (broad SMARTS) is 1. The molecule has 0 spiro atoms. The maximum Gasteiger partial charge on any atom is 0.337 e. The third-order valence-electron chi connectivity index (χ3n) is 4.78. The normalized spacial score (nSPS) is 18.3. The van der Waals surface area contributed by atoms with Crippen molar-refractivity contribution in [1.82, 2.24) is 23.6 Å². The van der Waals surface area contributed by atoms with Gasteiger partial charge in [0.05, 0.1) is 17.0 Å². The largest absolute Gasteiger partial charge is 0.478 e. The molecular weight excluding hydrogens is 382 g/mol. The van der Waals surface area contributed by atoms with E-state index < -0.39 is 16.2 Å². The van der Waals surface area contributed by atoms with Crippen LogP contribution < -0.4 is 0 Å². The molecule has 3 rings (SSSR count). The quantitative estimate of drug-likeness (QED) is 0.770. The summed E-state index contributed by atoms with van der Waals surface area (Å²) < 4.78 is 27.6. The molecule has 0 unspecified atom stereocenters. The molecule has 150 valence electrons. The molecule has 10 heteroatoms. The summed E-state index contributed by atoms with van der Waals surface area (Å²) in [5.41, 5.74) is 1.94. The van der Waals surface area contributed by atoms with Gasteiger partial charge in [0, 0.05) is 57.5 Å². The van der Waals surface area contributed by atoms with Gasteiger partial charge < -0.3 is 5.11 Å². The second-order valence-corrected chi connectivity index (χ2v) is 9.12. The summed E-state index contributed by atoms with van der Waals surface area (Å²) in [6.45, 7) is 0.929. The first-order valence-electron chi connectivity index (χ1n) is 8.95. The van der Waals surface area contributed by atoms with E-state index in [1.807, 2.05) is 0 Å². The monoisotopic (exact) mass is 405 g/mol. The first-order chi connectivity index (χ1) is 13.3. The van der Waals surface area contributed by atoms with Crippen molar-refractivity contribution in [3.05, 3.63) is 42.1 Å². The Morgan fingerprint density at radius 2 is 2.04 bits per heavy atom. The molecule has 28 heavy (non-hydrogen) atoms. The highest BCUT2D eigenvalue weighted by Crippen LogP contribution is 2.27. The fourth-order valence-electron chi connectivity index (χ4n) is 3.35. The van der Waals surface area contributed by atoms with Crippen LogP contribution in [0.4, 0.5) is 0 Å². The van der Waals surface area contributed by atoms with Gasteiger partial charge in [-0.05, 0) is 31.2 Å². The van der Waals surface area contributed by atoms with Crippen molar-refractivity contribution in [2.45, 2.75) is 19.3 Å². The van der Waals surface area contributed by atoms with Gasteiger partial charge >= 0.3 is 5.97 Å². The Bertz CT molecular complexity index is 964. The lowest BCUT2D eigenvalue weighted by Crippen LogP contribution is -2.45. The molecule has 0 amide bonds. The summed E-state index contributed by atoms with van der Waals surface area (Å²) in [4.78, 5) is 24.0. The van der Waals surface area contributed by atoms with E-state index >= 15 is 0 Å². The van der Waals surface area contributed by atoms with Gasteiger partial charge in [0.1, 0.15) is 0 Å². The van der Waals surface area contributed by atoms with Crippen molar-refractivity contribution in [3.63, 3.8) is 0 Å². The van der Waals surface area contributed by atoms with Gasteiger partial charge in [-0.3, -0.25) is 15.0 Å². The van der Waals surface area contributed by atoms with Crippen LogP contribution >= 0.6 is 0 Å². The molecule has 0 bridgehead atoms. The second-order valence-electron chi connectivity index (χ2n) is 6.98. The third-order valence-corrected chi connectivity index (χ3v) is 6.69. The summed E-state index contributed by atoms with van der Waals surface area (Å²) in [6.07, 6.45) is 8.21. The number of hydrogen-bond acceptors (Lipinski definition) is 6. The lowest BCUT2D eigenvalue weighted by Gasteiger charge is -2.33. The van der Waals surface area contributed by atoms with Crippen molar-refractivity contribution in [1.29, 1.82) is 0 Å². The van der Waals surface area contributed by atoms with Crippen molar-refractivity contribution >= 4 is 16.2 Å². The number of hydrogen-bond donors (Lipinski definition) is 1. The number of piperidine rings is 1. The van der Waals surface area contributed by atoms with Gasteiger partial charge in [0.15, 0.2) is 0 Å². The van der Waals surface area contributed by atoms with Crippen LogP contribution in [-0.2, 0) is 16.6 Å². The minimum atomic E-state index is -3.45. The predicted octanol–water partition coefficient (Wildman–Crippen LogP) is 1.30. The Morgan fingerprint density at radius 3 is 2.75 bits per heavy atom. The number of carboxylic acids is 1. The molecule has 1 fully saturated rings. The van der Waals surface area contributed by atoms with E-state index in [1.165, 1.54) is 35.0 Å². The van der Waals surface area contributed by atoms with Crippen LogP contribution in [0.5, 0.6) is 0 Å². The molecule has 0 saturated carbocycles. The van der Waals surface area contributed by atoms with E-state index in [4.69, 9.17) is 0 Å². The van der Waals surface area contributed by atoms with Gasteiger partial charge in [-0.1, -0.05) is 0 Å². The minimum absolute atomic E-state index is 0.0787. The summed E-state index contributed by atoms with van der Waals surface area (Å²) in [5, 5.41) is 9.19. The molecule has 1 aliphatic heterocycles. The highest BCUT2D eigenvalue weighted by molar-refractivity contribution is 7.86. The number of carbonyl (C=O) groups is 1. The standard InChI is InChI=1S/C18H23N5O4S/c1-22(2)28(26,27)23-7-3-4-13(12-23)8-16-17(21-6-5-20-16)14-9-15(18(24)25)11-19-10-14/h5-6,9-11,13H,3-4,7-8,12H2,1-2H3,(H,24,25)/t13-/m0/s1. The summed E-state index contributed by atoms with van der Waals surface area (Å²) in [5.74, 6) is -0.953. The Hall–Kier alpha value is -2.43. The smallest absolute Gasteiger partial charge is 0.337 e. The molecule has 1 saturated heterocycles. The lowest BCUT2D eigenvalue weighted by atomic mass is 9.93. The van der Waals surface area contributed by atoms with Crippen LogP contribution in [0.25, 0.3) is 11.3 Å². The van der Waals surface area contributed by atoms with Gasteiger partial charge in [0.25, 0.3) is 10.2 Å². The van der Waals surface area contributed by atoms with Crippen LogP contribution in [0.15, 0.2) is 30.9 Å². The zero-order valence-electron chi connectivity index (χ0n) is 15.8. The van der Waals surface area contributed by atoms with E-state index in [0.717, 1.165) is 12.8 Å². The van der Waals surface area contributed by atoms with E-state index in [2.05, 4.69) is 15.0 Å².